The maximum atomic E-state index is 13.3. The lowest BCUT2D eigenvalue weighted by molar-refractivity contribution is 0.411. The van der Waals surface area contributed by atoms with Crippen molar-refractivity contribution in [1.29, 1.82) is 0 Å². The van der Waals surface area contributed by atoms with Gasteiger partial charge in [-0.15, -0.1) is 0 Å². The summed E-state index contributed by atoms with van der Waals surface area (Å²) >= 11 is 0. The summed E-state index contributed by atoms with van der Waals surface area (Å²) in [4.78, 5) is 2.32. The molecule has 1 N–H and O–H groups in total. The summed E-state index contributed by atoms with van der Waals surface area (Å²) in [5.41, 5.74) is -1.97. The summed E-state index contributed by atoms with van der Waals surface area (Å²) in [6.45, 7) is 0. The van der Waals surface area contributed by atoms with E-state index in [2.05, 4.69) is 4.98 Å². The van der Waals surface area contributed by atoms with Crippen LogP contribution in [0.5, 0.6) is 0 Å². The SMILES string of the molecule is Fc1cccc(Nc2c(F)c(F)nc(F)c2F)c1F. The highest BCUT2D eigenvalue weighted by atomic mass is 19.2. The normalized spacial score (nSPS) is 10.6. The minimum atomic E-state index is -1.90. The van der Waals surface area contributed by atoms with Crippen LogP contribution in [0, 0.1) is 35.2 Å². The first kappa shape index (κ1) is 13.2. The van der Waals surface area contributed by atoms with Crippen LogP contribution in [-0.2, 0) is 0 Å². The minimum Gasteiger partial charge on any atom is -0.348 e. The number of nitrogens with zero attached hydrogens (tertiary/aromatic N) is 1. The zero-order valence-electron chi connectivity index (χ0n) is 8.95. The third kappa shape index (κ3) is 2.33. The molecule has 0 spiro atoms. The molecule has 1 aromatic carbocycles. The second-order valence-corrected chi connectivity index (χ2v) is 3.42. The zero-order valence-corrected chi connectivity index (χ0v) is 8.95. The molecule has 2 nitrogen and oxygen atoms in total. The van der Waals surface area contributed by atoms with Crippen molar-refractivity contribution < 1.29 is 26.3 Å². The Hall–Kier alpha value is -2.25. The van der Waals surface area contributed by atoms with E-state index >= 15 is 0 Å². The van der Waals surface area contributed by atoms with Gasteiger partial charge in [0.25, 0.3) is 11.9 Å². The van der Waals surface area contributed by atoms with Crippen molar-refractivity contribution in [3.63, 3.8) is 0 Å². The predicted molar refractivity (Wildman–Crippen MR) is 53.7 cm³/mol. The first-order valence-electron chi connectivity index (χ1n) is 4.83. The van der Waals surface area contributed by atoms with E-state index in [9.17, 15) is 26.3 Å². The van der Waals surface area contributed by atoms with Gasteiger partial charge in [-0.05, 0) is 12.1 Å². The average molecular weight is 278 g/mol. The molecule has 0 radical (unpaired) electrons. The average Bonchev–Trinajstić information content (AvgIpc) is 2.37. The highest BCUT2D eigenvalue weighted by Crippen LogP contribution is 2.27. The Morgan fingerprint density at radius 1 is 0.789 bits per heavy atom. The second kappa shape index (κ2) is 4.79. The molecule has 0 amide bonds. The Morgan fingerprint density at radius 3 is 1.95 bits per heavy atom. The second-order valence-electron chi connectivity index (χ2n) is 3.42. The van der Waals surface area contributed by atoms with E-state index in [1.807, 2.05) is 0 Å². The predicted octanol–water partition coefficient (Wildman–Crippen LogP) is 3.66. The van der Waals surface area contributed by atoms with E-state index in [0.717, 1.165) is 18.2 Å². The van der Waals surface area contributed by atoms with Gasteiger partial charge in [-0.2, -0.15) is 22.5 Å². The molecule has 2 rings (SSSR count). The summed E-state index contributed by atoms with van der Waals surface area (Å²) in [6, 6.07) is 2.75. The van der Waals surface area contributed by atoms with Crippen LogP contribution in [0.3, 0.4) is 0 Å². The summed E-state index contributed by atoms with van der Waals surface area (Å²) < 4.78 is 78.2. The summed E-state index contributed by atoms with van der Waals surface area (Å²) in [6.07, 6.45) is 0. The molecular weight excluding hydrogens is 274 g/mol. The number of hydrogen-bond acceptors (Lipinski definition) is 2. The van der Waals surface area contributed by atoms with E-state index in [0.29, 0.717) is 0 Å². The molecule has 0 fully saturated rings. The molecular formula is C11H4F6N2. The Bertz CT molecular complexity index is 617. The van der Waals surface area contributed by atoms with Crippen LogP contribution in [0.2, 0.25) is 0 Å². The standard InChI is InChI=1S/C11H4F6N2/c12-4-2-1-3-5(6(4)13)18-9-7(14)10(16)19-11(17)8(9)15/h1-3H,(H,18,19). The maximum Gasteiger partial charge on any atom is 0.253 e. The highest BCUT2D eigenvalue weighted by Gasteiger charge is 2.22. The third-order valence-electron chi connectivity index (χ3n) is 2.21. The van der Waals surface area contributed by atoms with E-state index in [1.165, 1.54) is 0 Å². The Kier molecular flexibility index (Phi) is 3.32. The zero-order chi connectivity index (χ0) is 14.2. The molecule has 0 aliphatic rings. The van der Waals surface area contributed by atoms with Gasteiger partial charge in [0.15, 0.2) is 11.6 Å². The lowest BCUT2D eigenvalue weighted by Gasteiger charge is -2.10. The van der Waals surface area contributed by atoms with Crippen LogP contribution >= 0.6 is 0 Å². The molecule has 0 bridgehead atoms. The van der Waals surface area contributed by atoms with E-state index in [4.69, 9.17) is 0 Å². The fraction of sp³-hybridized carbons (Fsp3) is 0. The summed E-state index contributed by atoms with van der Waals surface area (Å²) in [5.74, 6) is -10.2. The number of aromatic nitrogens is 1. The number of benzene rings is 1. The third-order valence-corrected chi connectivity index (χ3v) is 2.21. The van der Waals surface area contributed by atoms with Crippen molar-refractivity contribution in [2.75, 3.05) is 5.32 Å². The largest absolute Gasteiger partial charge is 0.348 e. The van der Waals surface area contributed by atoms with Crippen molar-refractivity contribution in [3.8, 4) is 0 Å². The van der Waals surface area contributed by atoms with Gasteiger partial charge in [0.05, 0.1) is 5.69 Å². The number of rotatable bonds is 2. The molecule has 0 saturated heterocycles. The van der Waals surface area contributed by atoms with Crippen molar-refractivity contribution in [2.24, 2.45) is 0 Å². The summed E-state index contributed by atoms with van der Waals surface area (Å²) in [5, 5.41) is 1.75. The van der Waals surface area contributed by atoms with Gasteiger partial charge < -0.3 is 5.32 Å². The Morgan fingerprint density at radius 2 is 1.37 bits per heavy atom. The van der Waals surface area contributed by atoms with Gasteiger partial charge in [-0.1, -0.05) is 6.07 Å². The van der Waals surface area contributed by atoms with Gasteiger partial charge in [-0.3, -0.25) is 0 Å². The van der Waals surface area contributed by atoms with Crippen LogP contribution in [0.15, 0.2) is 18.2 Å². The monoisotopic (exact) mass is 278 g/mol. The smallest absolute Gasteiger partial charge is 0.253 e. The first-order chi connectivity index (χ1) is 8.91. The van der Waals surface area contributed by atoms with Crippen LogP contribution in [0.25, 0.3) is 0 Å². The molecule has 1 heterocycles. The molecule has 0 atom stereocenters. The van der Waals surface area contributed by atoms with Crippen molar-refractivity contribution in [2.45, 2.75) is 0 Å². The van der Waals surface area contributed by atoms with Crippen LogP contribution in [-0.4, -0.2) is 4.98 Å². The topological polar surface area (TPSA) is 24.9 Å². The Labute approximate surface area is 102 Å². The molecule has 2 aromatic rings. The van der Waals surface area contributed by atoms with Gasteiger partial charge in [0.1, 0.15) is 5.69 Å². The van der Waals surface area contributed by atoms with Crippen LogP contribution in [0.4, 0.5) is 37.7 Å². The van der Waals surface area contributed by atoms with Gasteiger partial charge >= 0.3 is 0 Å². The fourth-order valence-corrected chi connectivity index (χ4v) is 1.33. The van der Waals surface area contributed by atoms with E-state index in [1.54, 1.807) is 5.32 Å². The van der Waals surface area contributed by atoms with Gasteiger partial charge in [-0.25, -0.2) is 8.78 Å². The molecule has 100 valence electrons. The molecule has 8 heteroatoms. The number of nitrogens with one attached hydrogen (secondary N) is 1. The molecule has 0 aliphatic carbocycles. The van der Waals surface area contributed by atoms with Crippen molar-refractivity contribution in [3.05, 3.63) is 53.4 Å². The number of hydrogen-bond donors (Lipinski definition) is 1. The van der Waals surface area contributed by atoms with Gasteiger partial charge in [0, 0.05) is 0 Å². The maximum absolute atomic E-state index is 13.3. The lowest BCUT2D eigenvalue weighted by Crippen LogP contribution is -2.07. The quantitative estimate of drug-likeness (QED) is 0.670. The molecule has 1 aromatic heterocycles. The number of halogens is 6. The molecule has 0 saturated carbocycles. The van der Waals surface area contributed by atoms with Crippen LogP contribution in [0.1, 0.15) is 0 Å². The molecule has 19 heavy (non-hydrogen) atoms. The fourth-order valence-electron chi connectivity index (χ4n) is 1.33. The van der Waals surface area contributed by atoms with Crippen molar-refractivity contribution >= 4 is 11.4 Å². The molecule has 0 unspecified atom stereocenters. The van der Waals surface area contributed by atoms with E-state index in [-0.39, 0.29) is 0 Å². The molecule has 0 aliphatic heterocycles. The number of pyridine rings is 1. The Balaban J connectivity index is 2.52. The minimum absolute atomic E-state index is 0.678. The van der Waals surface area contributed by atoms with Crippen molar-refractivity contribution in [1.82, 2.24) is 4.98 Å². The first-order valence-corrected chi connectivity index (χ1v) is 4.83. The van der Waals surface area contributed by atoms with Crippen LogP contribution < -0.4 is 5.32 Å². The summed E-state index contributed by atoms with van der Waals surface area (Å²) in [7, 11) is 0. The number of anilines is 2. The van der Waals surface area contributed by atoms with Gasteiger partial charge in [0.2, 0.25) is 11.6 Å². The lowest BCUT2D eigenvalue weighted by atomic mass is 10.2. The highest BCUT2D eigenvalue weighted by molar-refractivity contribution is 5.61. The van der Waals surface area contributed by atoms with E-state index < -0.39 is 46.5 Å².